The van der Waals surface area contributed by atoms with Crippen molar-refractivity contribution < 1.29 is 9.59 Å². The molecule has 0 bridgehead atoms. The Bertz CT molecular complexity index is 651. The van der Waals surface area contributed by atoms with Gasteiger partial charge in [0.25, 0.3) is 5.91 Å². The average molecular weight is 299 g/mol. The van der Waals surface area contributed by atoms with E-state index < -0.39 is 0 Å². The summed E-state index contributed by atoms with van der Waals surface area (Å²) < 4.78 is 0. The molecule has 1 saturated carbocycles. The van der Waals surface area contributed by atoms with Gasteiger partial charge in [0.05, 0.1) is 0 Å². The molecule has 22 heavy (non-hydrogen) atoms. The van der Waals surface area contributed by atoms with E-state index in [-0.39, 0.29) is 17.5 Å². The number of nitrogens with zero attached hydrogens (tertiary/aromatic N) is 2. The molecule has 3 aliphatic rings. The zero-order valence-electron chi connectivity index (χ0n) is 12.9. The van der Waals surface area contributed by atoms with Gasteiger partial charge in [0.1, 0.15) is 0 Å². The van der Waals surface area contributed by atoms with Gasteiger partial charge in [-0.05, 0) is 44.2 Å². The third-order valence-corrected chi connectivity index (χ3v) is 5.52. The van der Waals surface area contributed by atoms with Crippen molar-refractivity contribution in [1.82, 2.24) is 9.80 Å². The number of likely N-dealkylation sites (tertiary alicyclic amines) is 1. The standard InChI is InChI=1S/C17H21N3O2/c1-19-11-13-12(15(19)21)5-2-6-14(13)18-16(22)20-10-4-9-17(20)7-3-8-17/h2,5-6H,3-4,7-11H2,1H3,(H,18,22). The molecule has 1 aromatic rings. The Labute approximate surface area is 130 Å². The number of rotatable bonds is 1. The van der Waals surface area contributed by atoms with Crippen molar-refractivity contribution >= 4 is 17.6 Å². The third-order valence-electron chi connectivity index (χ3n) is 5.52. The van der Waals surface area contributed by atoms with Crippen LogP contribution in [0.25, 0.3) is 0 Å². The predicted molar refractivity (Wildman–Crippen MR) is 83.8 cm³/mol. The number of carbonyl (C=O) groups excluding carboxylic acids is 2. The normalized spacial score (nSPS) is 22.0. The Hall–Kier alpha value is -2.04. The number of nitrogens with one attached hydrogen (secondary N) is 1. The van der Waals surface area contributed by atoms with Gasteiger partial charge >= 0.3 is 6.03 Å². The molecule has 1 aromatic carbocycles. The van der Waals surface area contributed by atoms with Gasteiger partial charge in [-0.25, -0.2) is 4.79 Å². The number of fused-ring (bicyclic) bond motifs is 1. The fourth-order valence-electron chi connectivity index (χ4n) is 4.13. The first kappa shape index (κ1) is 13.6. The third kappa shape index (κ3) is 1.84. The largest absolute Gasteiger partial charge is 0.337 e. The van der Waals surface area contributed by atoms with Gasteiger partial charge in [-0.3, -0.25) is 4.79 Å². The van der Waals surface area contributed by atoms with Crippen LogP contribution in [-0.4, -0.2) is 40.9 Å². The van der Waals surface area contributed by atoms with Gasteiger partial charge in [-0.1, -0.05) is 6.07 Å². The first-order valence-corrected chi connectivity index (χ1v) is 8.07. The molecule has 3 amide bonds. The second kappa shape index (κ2) is 4.73. The molecule has 0 unspecified atom stereocenters. The van der Waals surface area contributed by atoms with Crippen LogP contribution in [0.1, 0.15) is 48.0 Å². The van der Waals surface area contributed by atoms with Crippen LogP contribution in [0.5, 0.6) is 0 Å². The Balaban J connectivity index is 1.57. The molecule has 4 rings (SSSR count). The lowest BCUT2D eigenvalue weighted by Crippen LogP contribution is -2.53. The van der Waals surface area contributed by atoms with Gasteiger partial charge in [0.2, 0.25) is 0 Å². The molecule has 116 valence electrons. The molecule has 1 spiro atoms. The minimum absolute atomic E-state index is 0.00685. The Morgan fingerprint density at radius 2 is 2.00 bits per heavy atom. The lowest BCUT2D eigenvalue weighted by Gasteiger charge is -2.45. The molecule has 5 nitrogen and oxygen atoms in total. The molecular formula is C17H21N3O2. The maximum atomic E-state index is 12.7. The summed E-state index contributed by atoms with van der Waals surface area (Å²) in [6.45, 7) is 1.41. The molecule has 1 N–H and O–H groups in total. The van der Waals surface area contributed by atoms with Crippen molar-refractivity contribution in [3.63, 3.8) is 0 Å². The predicted octanol–water partition coefficient (Wildman–Crippen LogP) is 2.82. The zero-order valence-corrected chi connectivity index (χ0v) is 12.9. The van der Waals surface area contributed by atoms with Gasteiger partial charge in [-0.15, -0.1) is 0 Å². The Morgan fingerprint density at radius 3 is 2.73 bits per heavy atom. The van der Waals surface area contributed by atoms with E-state index in [0.717, 1.165) is 43.5 Å². The molecule has 1 aliphatic carbocycles. The highest BCUT2D eigenvalue weighted by molar-refractivity contribution is 6.01. The van der Waals surface area contributed by atoms with Crippen LogP contribution in [0.4, 0.5) is 10.5 Å². The number of hydrogen-bond acceptors (Lipinski definition) is 2. The quantitative estimate of drug-likeness (QED) is 0.867. The summed E-state index contributed by atoms with van der Waals surface area (Å²) in [6.07, 6.45) is 5.73. The second-order valence-corrected chi connectivity index (χ2v) is 6.76. The van der Waals surface area contributed by atoms with Crippen LogP contribution >= 0.6 is 0 Å². The van der Waals surface area contributed by atoms with E-state index in [1.54, 1.807) is 11.9 Å². The smallest absolute Gasteiger partial charge is 0.322 e. The second-order valence-electron chi connectivity index (χ2n) is 6.76. The summed E-state index contributed by atoms with van der Waals surface area (Å²) in [7, 11) is 1.79. The highest BCUT2D eigenvalue weighted by Crippen LogP contribution is 2.45. The fourth-order valence-corrected chi connectivity index (χ4v) is 4.13. The summed E-state index contributed by atoms with van der Waals surface area (Å²) in [6, 6.07) is 5.56. The maximum absolute atomic E-state index is 12.7. The molecule has 1 saturated heterocycles. The van der Waals surface area contributed by atoms with Crippen molar-refractivity contribution in [2.75, 3.05) is 18.9 Å². The van der Waals surface area contributed by atoms with Gasteiger partial charge in [-0.2, -0.15) is 0 Å². The molecule has 0 radical (unpaired) electrons. The van der Waals surface area contributed by atoms with Crippen LogP contribution in [0.3, 0.4) is 0 Å². The average Bonchev–Trinajstić information content (AvgIpc) is 3.03. The maximum Gasteiger partial charge on any atom is 0.322 e. The number of hydrogen-bond donors (Lipinski definition) is 1. The summed E-state index contributed by atoms with van der Waals surface area (Å²) in [5.74, 6) is 0.0303. The first-order valence-electron chi connectivity index (χ1n) is 8.07. The lowest BCUT2D eigenvalue weighted by atomic mass is 9.75. The summed E-state index contributed by atoms with van der Waals surface area (Å²) in [5, 5.41) is 3.06. The SMILES string of the molecule is CN1Cc2c(NC(=O)N3CCCC34CCC4)cccc2C1=O. The van der Waals surface area contributed by atoms with Crippen LogP contribution in [0, 0.1) is 0 Å². The highest BCUT2D eigenvalue weighted by Gasteiger charge is 2.47. The van der Waals surface area contributed by atoms with E-state index in [2.05, 4.69) is 5.32 Å². The monoisotopic (exact) mass is 299 g/mol. The minimum Gasteiger partial charge on any atom is -0.337 e. The number of benzene rings is 1. The fraction of sp³-hybridized carbons (Fsp3) is 0.529. The van der Waals surface area contributed by atoms with E-state index >= 15 is 0 Å². The van der Waals surface area contributed by atoms with Crippen molar-refractivity contribution in [3.05, 3.63) is 29.3 Å². The van der Waals surface area contributed by atoms with E-state index in [9.17, 15) is 9.59 Å². The summed E-state index contributed by atoms with van der Waals surface area (Å²) >= 11 is 0. The van der Waals surface area contributed by atoms with Crippen molar-refractivity contribution in [1.29, 1.82) is 0 Å². The number of carbonyl (C=O) groups is 2. The van der Waals surface area contributed by atoms with Gasteiger partial charge < -0.3 is 15.1 Å². The molecule has 2 heterocycles. The van der Waals surface area contributed by atoms with E-state index in [1.165, 1.54) is 6.42 Å². The topological polar surface area (TPSA) is 52.7 Å². The molecule has 0 aromatic heterocycles. The van der Waals surface area contributed by atoms with E-state index in [1.807, 2.05) is 23.1 Å². The molecule has 5 heteroatoms. The number of urea groups is 1. The Kier molecular flexibility index (Phi) is 2.93. The first-order chi connectivity index (χ1) is 10.6. The van der Waals surface area contributed by atoms with Crippen LogP contribution < -0.4 is 5.32 Å². The van der Waals surface area contributed by atoms with Crippen molar-refractivity contribution in [2.45, 2.75) is 44.2 Å². The van der Waals surface area contributed by atoms with Crippen LogP contribution in [0.15, 0.2) is 18.2 Å². The number of anilines is 1. The highest BCUT2D eigenvalue weighted by atomic mass is 16.2. The van der Waals surface area contributed by atoms with Crippen LogP contribution in [-0.2, 0) is 6.54 Å². The van der Waals surface area contributed by atoms with E-state index in [4.69, 9.17) is 0 Å². The minimum atomic E-state index is -0.00685. The molecular weight excluding hydrogens is 278 g/mol. The lowest BCUT2D eigenvalue weighted by molar-refractivity contribution is 0.0816. The van der Waals surface area contributed by atoms with Crippen molar-refractivity contribution in [2.24, 2.45) is 0 Å². The zero-order chi connectivity index (χ0) is 15.3. The summed E-state index contributed by atoms with van der Waals surface area (Å²) in [5.41, 5.74) is 2.54. The summed E-state index contributed by atoms with van der Waals surface area (Å²) in [4.78, 5) is 28.5. The van der Waals surface area contributed by atoms with Crippen molar-refractivity contribution in [3.8, 4) is 0 Å². The molecule has 2 fully saturated rings. The van der Waals surface area contributed by atoms with E-state index in [0.29, 0.717) is 12.1 Å². The van der Waals surface area contributed by atoms with Gasteiger partial charge in [0, 0.05) is 42.5 Å². The van der Waals surface area contributed by atoms with Gasteiger partial charge in [0.15, 0.2) is 0 Å². The Morgan fingerprint density at radius 1 is 1.23 bits per heavy atom. The van der Waals surface area contributed by atoms with Crippen LogP contribution in [0.2, 0.25) is 0 Å². The molecule has 2 aliphatic heterocycles. The molecule has 0 atom stereocenters. The number of amides is 3.